The largest absolute Gasteiger partial charge is 0.464 e. The average molecular weight is 243 g/mol. The van der Waals surface area contributed by atoms with E-state index in [1.165, 1.54) is 6.92 Å². The fourth-order valence-corrected chi connectivity index (χ4v) is 1.22. The van der Waals surface area contributed by atoms with E-state index in [0.717, 1.165) is 0 Å². The zero-order valence-electron chi connectivity index (χ0n) is 10.2. The van der Waals surface area contributed by atoms with Crippen LogP contribution in [0.4, 0.5) is 0 Å². The molecule has 0 heterocycles. The highest BCUT2D eigenvalue weighted by Gasteiger charge is 2.32. The second-order valence-corrected chi connectivity index (χ2v) is 3.39. The third-order valence-corrected chi connectivity index (χ3v) is 1.87. The number of rotatable bonds is 7. The molecule has 0 saturated carbocycles. The number of hydrogen-bond donors (Lipinski definition) is 1. The fourth-order valence-electron chi connectivity index (χ4n) is 1.22. The number of hydrogen-bond acceptors (Lipinski definition) is 5. The molecule has 0 radical (unpaired) electrons. The van der Waals surface area contributed by atoms with Gasteiger partial charge in [-0.2, -0.15) is 0 Å². The van der Waals surface area contributed by atoms with E-state index in [1.54, 1.807) is 13.8 Å². The van der Waals surface area contributed by atoms with E-state index in [-0.39, 0.29) is 6.61 Å². The number of amides is 1. The molecule has 0 aromatic rings. The van der Waals surface area contributed by atoms with Crippen molar-refractivity contribution >= 4 is 18.3 Å². The molecule has 17 heavy (non-hydrogen) atoms. The van der Waals surface area contributed by atoms with E-state index in [1.807, 2.05) is 0 Å². The van der Waals surface area contributed by atoms with Gasteiger partial charge in [-0.05, 0) is 19.4 Å². The maximum Gasteiger partial charge on any atom is 0.332 e. The Morgan fingerprint density at radius 2 is 2.00 bits per heavy atom. The molecular formula is C11H17NO5. The van der Waals surface area contributed by atoms with Crippen molar-refractivity contribution in [3.63, 3.8) is 0 Å². The summed E-state index contributed by atoms with van der Waals surface area (Å²) in [5.74, 6) is -1.24. The standard InChI is InChI=1S/C11H17NO5/c1-5-16-11(15)9(12-6-13)10(7(2)3)17-8(4)14/h6,9-10H,2,5H2,1,3-4H3,(H,12,13)/t9-,10+/m1/s1. The quantitative estimate of drug-likeness (QED) is 0.391. The van der Waals surface area contributed by atoms with Crippen molar-refractivity contribution in [2.45, 2.75) is 32.9 Å². The molecule has 0 aromatic heterocycles. The second kappa shape index (κ2) is 7.43. The third kappa shape index (κ3) is 5.14. The van der Waals surface area contributed by atoms with Gasteiger partial charge in [0, 0.05) is 6.92 Å². The summed E-state index contributed by atoms with van der Waals surface area (Å²) >= 11 is 0. The van der Waals surface area contributed by atoms with E-state index in [4.69, 9.17) is 9.47 Å². The number of carbonyl (C=O) groups is 3. The van der Waals surface area contributed by atoms with Crippen LogP contribution in [0.3, 0.4) is 0 Å². The van der Waals surface area contributed by atoms with Crippen molar-refractivity contribution in [2.24, 2.45) is 0 Å². The Bertz CT molecular complexity index is 313. The molecule has 0 rings (SSSR count). The molecule has 6 nitrogen and oxygen atoms in total. The molecule has 1 N–H and O–H groups in total. The molecule has 2 atom stereocenters. The first-order chi connectivity index (χ1) is 7.93. The van der Waals surface area contributed by atoms with Crippen LogP contribution in [0, 0.1) is 0 Å². The van der Waals surface area contributed by atoms with Crippen LogP contribution < -0.4 is 5.32 Å². The summed E-state index contributed by atoms with van der Waals surface area (Å²) in [6.45, 7) is 8.21. The highest BCUT2D eigenvalue weighted by Crippen LogP contribution is 2.11. The van der Waals surface area contributed by atoms with Gasteiger partial charge in [0.25, 0.3) is 0 Å². The van der Waals surface area contributed by atoms with Crippen molar-refractivity contribution in [1.82, 2.24) is 5.32 Å². The maximum atomic E-state index is 11.6. The Balaban J connectivity index is 4.93. The van der Waals surface area contributed by atoms with Gasteiger partial charge in [-0.3, -0.25) is 9.59 Å². The van der Waals surface area contributed by atoms with Gasteiger partial charge in [-0.15, -0.1) is 0 Å². The smallest absolute Gasteiger partial charge is 0.332 e. The van der Waals surface area contributed by atoms with Gasteiger partial charge < -0.3 is 14.8 Å². The molecule has 0 unspecified atom stereocenters. The predicted octanol–water partition coefficient (Wildman–Crippen LogP) is 0.172. The molecule has 0 aliphatic rings. The van der Waals surface area contributed by atoms with Crippen molar-refractivity contribution in [1.29, 1.82) is 0 Å². The number of carbonyl (C=O) groups excluding carboxylic acids is 3. The minimum atomic E-state index is -1.08. The van der Waals surface area contributed by atoms with Crippen LogP contribution in [0.5, 0.6) is 0 Å². The van der Waals surface area contributed by atoms with Crippen LogP contribution in [0.15, 0.2) is 12.2 Å². The van der Waals surface area contributed by atoms with Gasteiger partial charge in [0.1, 0.15) is 0 Å². The summed E-state index contributed by atoms with van der Waals surface area (Å²) in [7, 11) is 0. The molecule has 0 bridgehead atoms. The first-order valence-corrected chi connectivity index (χ1v) is 5.13. The molecule has 0 aliphatic carbocycles. The molecule has 0 spiro atoms. The molecule has 6 heteroatoms. The van der Waals surface area contributed by atoms with E-state index in [9.17, 15) is 14.4 Å². The van der Waals surface area contributed by atoms with Gasteiger partial charge >= 0.3 is 11.9 Å². The lowest BCUT2D eigenvalue weighted by Gasteiger charge is -2.24. The normalized spacial score (nSPS) is 13.1. The fraction of sp³-hybridized carbons (Fsp3) is 0.545. The van der Waals surface area contributed by atoms with Crippen LogP contribution in [-0.4, -0.2) is 37.1 Å². The summed E-state index contributed by atoms with van der Waals surface area (Å²) in [6, 6.07) is -1.08. The SMILES string of the molecule is C=C(C)[C@H](OC(C)=O)[C@@H](NC=O)C(=O)OCC. The Kier molecular flexibility index (Phi) is 6.62. The third-order valence-electron chi connectivity index (χ3n) is 1.87. The van der Waals surface area contributed by atoms with Gasteiger partial charge in [-0.25, -0.2) is 4.79 Å². The molecule has 0 saturated heterocycles. The zero-order valence-corrected chi connectivity index (χ0v) is 10.2. The summed E-state index contributed by atoms with van der Waals surface area (Å²) in [6.07, 6.45) is -0.585. The van der Waals surface area contributed by atoms with Crippen LogP contribution >= 0.6 is 0 Å². The number of ether oxygens (including phenoxy) is 2. The van der Waals surface area contributed by atoms with Crippen LogP contribution in [0.25, 0.3) is 0 Å². The maximum absolute atomic E-state index is 11.6. The molecule has 1 amide bonds. The lowest BCUT2D eigenvalue weighted by molar-refractivity contribution is -0.155. The lowest BCUT2D eigenvalue weighted by Crippen LogP contribution is -2.48. The lowest BCUT2D eigenvalue weighted by atomic mass is 10.1. The first kappa shape index (κ1) is 15.2. The second-order valence-electron chi connectivity index (χ2n) is 3.39. The Hall–Kier alpha value is -1.85. The monoisotopic (exact) mass is 243 g/mol. The van der Waals surface area contributed by atoms with Crippen LogP contribution in [-0.2, 0) is 23.9 Å². The van der Waals surface area contributed by atoms with E-state index in [0.29, 0.717) is 12.0 Å². The van der Waals surface area contributed by atoms with E-state index in [2.05, 4.69) is 11.9 Å². The van der Waals surface area contributed by atoms with Crippen LogP contribution in [0.1, 0.15) is 20.8 Å². The van der Waals surface area contributed by atoms with Crippen molar-refractivity contribution in [3.8, 4) is 0 Å². The van der Waals surface area contributed by atoms with Gasteiger partial charge in [0.05, 0.1) is 6.61 Å². The number of nitrogens with one attached hydrogen (secondary N) is 1. The molecule has 0 aromatic carbocycles. The summed E-state index contributed by atoms with van der Waals surface area (Å²) in [5, 5.41) is 2.26. The first-order valence-electron chi connectivity index (χ1n) is 5.13. The van der Waals surface area contributed by atoms with Crippen molar-refractivity contribution in [3.05, 3.63) is 12.2 Å². The summed E-state index contributed by atoms with van der Waals surface area (Å²) in [5.41, 5.74) is 0.438. The van der Waals surface area contributed by atoms with E-state index >= 15 is 0 Å². The summed E-state index contributed by atoms with van der Waals surface area (Å²) in [4.78, 5) is 32.9. The Labute approximate surface area is 100.0 Å². The Morgan fingerprint density at radius 1 is 1.41 bits per heavy atom. The van der Waals surface area contributed by atoms with Crippen molar-refractivity contribution < 1.29 is 23.9 Å². The minimum Gasteiger partial charge on any atom is -0.464 e. The summed E-state index contributed by atoms with van der Waals surface area (Å²) < 4.78 is 9.71. The highest BCUT2D eigenvalue weighted by atomic mass is 16.6. The molecule has 96 valence electrons. The van der Waals surface area contributed by atoms with E-state index < -0.39 is 24.1 Å². The highest BCUT2D eigenvalue weighted by molar-refractivity contribution is 5.80. The molecular weight excluding hydrogens is 226 g/mol. The zero-order chi connectivity index (χ0) is 13.4. The van der Waals surface area contributed by atoms with Crippen LogP contribution in [0.2, 0.25) is 0 Å². The predicted molar refractivity (Wildman–Crippen MR) is 60.0 cm³/mol. The van der Waals surface area contributed by atoms with Gasteiger partial charge in [-0.1, -0.05) is 6.58 Å². The minimum absolute atomic E-state index is 0.166. The molecule has 0 fully saturated rings. The topological polar surface area (TPSA) is 81.7 Å². The molecule has 0 aliphatic heterocycles. The average Bonchev–Trinajstić information content (AvgIpc) is 2.22. The number of esters is 2. The van der Waals surface area contributed by atoms with Gasteiger partial charge in [0.15, 0.2) is 12.1 Å². The van der Waals surface area contributed by atoms with Gasteiger partial charge in [0.2, 0.25) is 6.41 Å². The van der Waals surface area contributed by atoms with Crippen molar-refractivity contribution in [2.75, 3.05) is 6.61 Å². The Morgan fingerprint density at radius 3 is 2.35 bits per heavy atom.